The summed E-state index contributed by atoms with van der Waals surface area (Å²) in [5.74, 6) is 0. The van der Waals surface area contributed by atoms with Gasteiger partial charge in [0.25, 0.3) is 0 Å². The maximum absolute atomic E-state index is 8.63. The molecule has 0 saturated heterocycles. The predicted molar refractivity (Wildman–Crippen MR) is 52.1 cm³/mol. The minimum absolute atomic E-state index is 0.0555. The van der Waals surface area contributed by atoms with Crippen molar-refractivity contribution in [3.63, 3.8) is 0 Å². The fourth-order valence-corrected chi connectivity index (χ4v) is 1.09. The Bertz CT molecular complexity index is 110. The lowest BCUT2D eigenvalue weighted by Gasteiger charge is -2.20. The average molecular weight is 174 g/mol. The highest BCUT2D eigenvalue weighted by atomic mass is 16.3. The Morgan fingerprint density at radius 1 is 1.33 bits per heavy atom. The van der Waals surface area contributed by atoms with Gasteiger partial charge < -0.3 is 15.7 Å². The number of hydrogen-bond donors (Lipinski definition) is 2. The molecule has 0 aliphatic heterocycles. The molecule has 3 heteroatoms. The first-order valence-electron chi connectivity index (χ1n) is 4.54. The van der Waals surface area contributed by atoms with Gasteiger partial charge in [-0.15, -0.1) is 0 Å². The van der Waals surface area contributed by atoms with E-state index >= 15 is 0 Å². The molecule has 0 amide bonds. The summed E-state index contributed by atoms with van der Waals surface area (Å²) in [6.45, 7) is 6.09. The Morgan fingerprint density at radius 3 is 2.33 bits per heavy atom. The highest BCUT2D eigenvalue weighted by molar-refractivity contribution is 4.71. The van der Waals surface area contributed by atoms with Crippen LogP contribution in [0, 0.1) is 0 Å². The molecule has 0 aromatic rings. The van der Waals surface area contributed by atoms with Crippen molar-refractivity contribution in [3.8, 4) is 0 Å². The monoisotopic (exact) mass is 174 g/mol. The molecule has 0 atom stereocenters. The van der Waals surface area contributed by atoms with Crippen molar-refractivity contribution in [3.05, 3.63) is 0 Å². The number of nitrogens with two attached hydrogens (primary N) is 1. The largest absolute Gasteiger partial charge is 0.395 e. The third-order valence-corrected chi connectivity index (χ3v) is 1.84. The van der Waals surface area contributed by atoms with Crippen LogP contribution in [0.15, 0.2) is 0 Å². The number of aliphatic hydroxyl groups excluding tert-OH is 1. The van der Waals surface area contributed by atoms with Crippen LogP contribution in [0.4, 0.5) is 0 Å². The second-order valence-electron chi connectivity index (χ2n) is 4.12. The van der Waals surface area contributed by atoms with Crippen LogP contribution in [0.1, 0.15) is 26.7 Å². The summed E-state index contributed by atoms with van der Waals surface area (Å²) in [4.78, 5) is 2.12. The Kier molecular flexibility index (Phi) is 5.46. The van der Waals surface area contributed by atoms with Gasteiger partial charge in [0.1, 0.15) is 0 Å². The molecule has 0 rings (SSSR count). The second-order valence-corrected chi connectivity index (χ2v) is 4.12. The van der Waals surface area contributed by atoms with Crippen molar-refractivity contribution in [1.29, 1.82) is 0 Å². The van der Waals surface area contributed by atoms with Gasteiger partial charge in [-0.25, -0.2) is 0 Å². The summed E-state index contributed by atoms with van der Waals surface area (Å²) in [7, 11) is 2.01. The van der Waals surface area contributed by atoms with E-state index in [1.807, 2.05) is 20.9 Å². The van der Waals surface area contributed by atoms with Crippen LogP contribution >= 0.6 is 0 Å². The molecule has 0 aliphatic carbocycles. The quantitative estimate of drug-likeness (QED) is 0.614. The summed E-state index contributed by atoms with van der Waals surface area (Å²) in [5.41, 5.74) is 5.77. The zero-order valence-electron chi connectivity index (χ0n) is 8.51. The van der Waals surface area contributed by atoms with Gasteiger partial charge in [0.15, 0.2) is 0 Å². The van der Waals surface area contributed by atoms with Gasteiger partial charge in [-0.1, -0.05) is 0 Å². The average Bonchev–Trinajstić information content (AvgIpc) is 1.84. The van der Waals surface area contributed by atoms with Crippen molar-refractivity contribution in [2.45, 2.75) is 32.2 Å². The van der Waals surface area contributed by atoms with Gasteiger partial charge in [-0.2, -0.15) is 0 Å². The van der Waals surface area contributed by atoms with Gasteiger partial charge >= 0.3 is 0 Å². The number of hydrogen-bond acceptors (Lipinski definition) is 3. The third-order valence-electron chi connectivity index (χ3n) is 1.84. The fraction of sp³-hybridized carbons (Fsp3) is 1.00. The minimum Gasteiger partial charge on any atom is -0.395 e. The Morgan fingerprint density at radius 2 is 1.92 bits per heavy atom. The van der Waals surface area contributed by atoms with Gasteiger partial charge in [-0.05, 0) is 40.3 Å². The Hall–Kier alpha value is -0.120. The fourth-order valence-electron chi connectivity index (χ4n) is 1.09. The highest BCUT2D eigenvalue weighted by Gasteiger charge is 2.09. The molecule has 74 valence electrons. The first-order chi connectivity index (χ1) is 5.45. The lowest BCUT2D eigenvalue weighted by molar-refractivity contribution is 0.216. The van der Waals surface area contributed by atoms with Crippen molar-refractivity contribution in [1.82, 2.24) is 4.90 Å². The van der Waals surface area contributed by atoms with Crippen LogP contribution < -0.4 is 5.73 Å². The lowest BCUT2D eigenvalue weighted by atomic mass is 10.0. The van der Waals surface area contributed by atoms with Gasteiger partial charge in [-0.3, -0.25) is 0 Å². The topological polar surface area (TPSA) is 49.5 Å². The number of likely N-dealkylation sites (N-methyl/N-ethyl adjacent to an activating group) is 1. The van der Waals surface area contributed by atoms with Crippen molar-refractivity contribution >= 4 is 0 Å². The minimum atomic E-state index is -0.0555. The van der Waals surface area contributed by atoms with E-state index in [0.29, 0.717) is 0 Å². The van der Waals surface area contributed by atoms with E-state index in [1.165, 1.54) is 0 Å². The molecular weight excluding hydrogens is 152 g/mol. The predicted octanol–water partition coefficient (Wildman–Crippen LogP) is 0.428. The number of aliphatic hydroxyl groups is 1. The molecule has 0 aliphatic rings. The van der Waals surface area contributed by atoms with Crippen LogP contribution in [-0.2, 0) is 0 Å². The third kappa shape index (κ3) is 7.98. The van der Waals surface area contributed by atoms with E-state index in [9.17, 15) is 0 Å². The molecule has 0 spiro atoms. The van der Waals surface area contributed by atoms with Gasteiger partial charge in [0, 0.05) is 12.1 Å². The molecule has 3 N–H and O–H groups in total. The molecule has 12 heavy (non-hydrogen) atoms. The SMILES string of the molecule is CN(CCO)CCCC(C)(C)N. The van der Waals surface area contributed by atoms with Crippen LogP contribution in [-0.4, -0.2) is 42.3 Å². The van der Waals surface area contributed by atoms with E-state index in [2.05, 4.69) is 4.90 Å². The van der Waals surface area contributed by atoms with Crippen molar-refractivity contribution in [2.24, 2.45) is 5.73 Å². The smallest absolute Gasteiger partial charge is 0.0558 e. The van der Waals surface area contributed by atoms with Crippen molar-refractivity contribution < 1.29 is 5.11 Å². The van der Waals surface area contributed by atoms with E-state index < -0.39 is 0 Å². The Labute approximate surface area is 75.6 Å². The summed E-state index contributed by atoms with van der Waals surface area (Å²) in [6.07, 6.45) is 2.13. The summed E-state index contributed by atoms with van der Waals surface area (Å²) < 4.78 is 0. The van der Waals surface area contributed by atoms with Gasteiger partial charge in [0.2, 0.25) is 0 Å². The molecular formula is C9H22N2O. The van der Waals surface area contributed by atoms with Crippen LogP contribution in [0.2, 0.25) is 0 Å². The zero-order chi connectivity index (χ0) is 9.61. The normalized spacial score (nSPS) is 12.5. The summed E-state index contributed by atoms with van der Waals surface area (Å²) in [5, 5.41) is 8.63. The van der Waals surface area contributed by atoms with Crippen LogP contribution in [0.5, 0.6) is 0 Å². The molecule has 0 radical (unpaired) electrons. The van der Waals surface area contributed by atoms with E-state index in [0.717, 1.165) is 25.9 Å². The van der Waals surface area contributed by atoms with Gasteiger partial charge in [0.05, 0.1) is 6.61 Å². The van der Waals surface area contributed by atoms with E-state index in [4.69, 9.17) is 10.8 Å². The Balaban J connectivity index is 3.31. The second kappa shape index (κ2) is 5.51. The number of nitrogens with zero attached hydrogens (tertiary/aromatic N) is 1. The van der Waals surface area contributed by atoms with E-state index in [1.54, 1.807) is 0 Å². The first-order valence-corrected chi connectivity index (χ1v) is 4.54. The molecule has 0 unspecified atom stereocenters. The molecule has 0 fully saturated rings. The maximum Gasteiger partial charge on any atom is 0.0558 e. The molecule has 0 saturated carbocycles. The highest BCUT2D eigenvalue weighted by Crippen LogP contribution is 2.06. The zero-order valence-corrected chi connectivity index (χ0v) is 8.51. The van der Waals surface area contributed by atoms with Crippen LogP contribution in [0.25, 0.3) is 0 Å². The standard InChI is InChI=1S/C9H22N2O/c1-9(2,10)5-4-6-11(3)7-8-12/h12H,4-8,10H2,1-3H3. The van der Waals surface area contributed by atoms with E-state index in [-0.39, 0.29) is 12.1 Å². The molecule has 0 heterocycles. The number of rotatable bonds is 6. The molecule has 0 bridgehead atoms. The molecule has 0 aromatic carbocycles. The molecule has 3 nitrogen and oxygen atoms in total. The lowest BCUT2D eigenvalue weighted by Crippen LogP contribution is -2.33. The summed E-state index contributed by atoms with van der Waals surface area (Å²) >= 11 is 0. The maximum atomic E-state index is 8.63. The summed E-state index contributed by atoms with van der Waals surface area (Å²) in [6, 6.07) is 0. The van der Waals surface area contributed by atoms with Crippen molar-refractivity contribution in [2.75, 3.05) is 26.7 Å². The molecule has 0 aromatic heterocycles. The van der Waals surface area contributed by atoms with Crippen LogP contribution in [0.3, 0.4) is 0 Å². The first kappa shape index (κ1) is 11.9.